The van der Waals surface area contributed by atoms with E-state index in [0.29, 0.717) is 37.9 Å². The minimum absolute atomic E-state index is 0.153. The normalized spacial score (nSPS) is 17.1. The Kier molecular flexibility index (Phi) is 6.11. The highest BCUT2D eigenvalue weighted by Gasteiger charge is 2.49. The Hall–Kier alpha value is -3.95. The van der Waals surface area contributed by atoms with Gasteiger partial charge < -0.3 is 14.6 Å². The number of hydrogen-bond acceptors (Lipinski definition) is 7. The summed E-state index contributed by atoms with van der Waals surface area (Å²) in [5.41, 5.74) is 1.01. The van der Waals surface area contributed by atoms with Crippen LogP contribution in [-0.4, -0.2) is 36.0 Å². The van der Waals surface area contributed by atoms with Crippen molar-refractivity contribution in [2.75, 3.05) is 19.1 Å². The summed E-state index contributed by atoms with van der Waals surface area (Å²) < 4.78 is 25.2. The molecule has 1 unspecified atom stereocenters. The van der Waals surface area contributed by atoms with Crippen molar-refractivity contribution in [3.8, 4) is 11.5 Å². The lowest BCUT2D eigenvalue weighted by Crippen LogP contribution is -2.29. The summed E-state index contributed by atoms with van der Waals surface area (Å²) in [6.45, 7) is 0. The van der Waals surface area contributed by atoms with Crippen molar-refractivity contribution < 1.29 is 28.6 Å². The number of aromatic nitrogens is 1. The number of aliphatic hydroxyl groups excluding tert-OH is 1. The smallest absolute Gasteiger partial charge is 0.301 e. The van der Waals surface area contributed by atoms with E-state index in [9.17, 15) is 19.1 Å². The molecule has 36 heavy (non-hydrogen) atoms. The highest BCUT2D eigenvalue weighted by atomic mass is 35.5. The van der Waals surface area contributed by atoms with Crippen LogP contribution in [0.5, 0.6) is 11.5 Å². The van der Waals surface area contributed by atoms with Gasteiger partial charge >= 0.3 is 5.91 Å². The number of methoxy groups -OCH3 is 2. The fourth-order valence-corrected chi connectivity index (χ4v) is 5.27. The number of carbonyl (C=O) groups excluding carboxylic acids is 2. The first-order chi connectivity index (χ1) is 17.3. The maximum atomic E-state index is 13.8. The molecule has 4 aromatic rings. The lowest BCUT2D eigenvalue weighted by atomic mass is 9.94. The SMILES string of the molecule is COc1ccc(OC)c(C2/C(=C(\O)c3ccc(Cl)cc3)C(=O)C(=O)N2c2nc3ccc(F)cc3s2)c1. The molecule has 7 nitrogen and oxygen atoms in total. The third kappa shape index (κ3) is 3.96. The fourth-order valence-electron chi connectivity index (χ4n) is 4.13. The molecule has 1 aliphatic rings. The molecule has 1 atom stereocenters. The molecule has 182 valence electrons. The van der Waals surface area contributed by atoms with Crippen molar-refractivity contribution in [3.05, 3.63) is 88.2 Å². The van der Waals surface area contributed by atoms with Crippen LogP contribution in [-0.2, 0) is 9.59 Å². The maximum absolute atomic E-state index is 13.8. The highest BCUT2D eigenvalue weighted by molar-refractivity contribution is 7.22. The zero-order valence-corrected chi connectivity index (χ0v) is 20.6. The lowest BCUT2D eigenvalue weighted by Gasteiger charge is -2.25. The first-order valence-corrected chi connectivity index (χ1v) is 11.9. The van der Waals surface area contributed by atoms with Crippen LogP contribution in [0.15, 0.2) is 66.2 Å². The van der Waals surface area contributed by atoms with E-state index >= 15 is 0 Å². The molecule has 0 bridgehead atoms. The number of benzene rings is 3. The monoisotopic (exact) mass is 524 g/mol. The molecule has 10 heteroatoms. The third-order valence-electron chi connectivity index (χ3n) is 5.84. The van der Waals surface area contributed by atoms with E-state index in [-0.39, 0.29) is 16.5 Å². The zero-order chi connectivity index (χ0) is 25.6. The molecule has 5 rings (SSSR count). The number of carbonyl (C=O) groups is 2. The Labute approximate surface area is 214 Å². The standard InChI is InChI=1S/C26H18ClFN2O5S/c1-34-16-8-10-19(35-2)17(12-16)22-21(23(31)13-3-5-14(27)6-4-13)24(32)25(33)30(22)26-29-18-9-7-15(28)11-20(18)36-26/h3-12,22,31H,1-2H3/b23-21+. The minimum atomic E-state index is -1.10. The number of ether oxygens (including phenoxy) is 2. The largest absolute Gasteiger partial charge is 0.507 e. The molecule has 1 saturated heterocycles. The average molecular weight is 525 g/mol. The number of rotatable bonds is 5. The predicted octanol–water partition coefficient (Wildman–Crippen LogP) is 5.73. The van der Waals surface area contributed by atoms with Crippen LogP contribution in [0, 0.1) is 5.82 Å². The number of aliphatic hydroxyl groups is 1. The number of halogens is 2. The van der Waals surface area contributed by atoms with Gasteiger partial charge in [0, 0.05) is 16.1 Å². The minimum Gasteiger partial charge on any atom is -0.507 e. The van der Waals surface area contributed by atoms with Crippen LogP contribution in [0.3, 0.4) is 0 Å². The molecule has 0 spiro atoms. The molecule has 2 heterocycles. The van der Waals surface area contributed by atoms with Crippen molar-refractivity contribution in [1.29, 1.82) is 0 Å². The van der Waals surface area contributed by atoms with Gasteiger partial charge in [0.1, 0.15) is 29.1 Å². The van der Waals surface area contributed by atoms with Crippen molar-refractivity contribution in [3.63, 3.8) is 0 Å². The van der Waals surface area contributed by atoms with Gasteiger partial charge in [0.05, 0.1) is 30.0 Å². The number of amides is 1. The van der Waals surface area contributed by atoms with Gasteiger partial charge in [0.25, 0.3) is 5.78 Å². The van der Waals surface area contributed by atoms with E-state index in [2.05, 4.69) is 4.98 Å². The molecule has 3 aromatic carbocycles. The number of anilines is 1. The van der Waals surface area contributed by atoms with Crippen LogP contribution in [0.4, 0.5) is 9.52 Å². The number of hydrogen-bond donors (Lipinski definition) is 1. The predicted molar refractivity (Wildman–Crippen MR) is 135 cm³/mol. The molecule has 0 aliphatic carbocycles. The second-order valence-corrected chi connectivity index (χ2v) is 9.34. The summed E-state index contributed by atoms with van der Waals surface area (Å²) in [7, 11) is 2.94. The molecule has 1 aromatic heterocycles. The van der Waals surface area contributed by atoms with Crippen LogP contribution in [0.2, 0.25) is 5.02 Å². The fraction of sp³-hybridized carbons (Fsp3) is 0.115. The number of thiazole rings is 1. The Morgan fingerprint density at radius 3 is 2.50 bits per heavy atom. The van der Waals surface area contributed by atoms with Crippen LogP contribution < -0.4 is 14.4 Å². The van der Waals surface area contributed by atoms with Crippen molar-refractivity contribution in [2.24, 2.45) is 0 Å². The van der Waals surface area contributed by atoms with Gasteiger partial charge in [0.2, 0.25) is 0 Å². The van der Waals surface area contributed by atoms with Crippen molar-refractivity contribution in [1.82, 2.24) is 4.98 Å². The van der Waals surface area contributed by atoms with Gasteiger partial charge in [-0.1, -0.05) is 22.9 Å². The number of fused-ring (bicyclic) bond motifs is 1. The van der Waals surface area contributed by atoms with E-state index in [1.807, 2.05) is 0 Å². The molecule has 0 radical (unpaired) electrons. The Bertz CT molecular complexity index is 1550. The van der Waals surface area contributed by atoms with Crippen LogP contribution in [0.1, 0.15) is 17.2 Å². The first kappa shape index (κ1) is 23.8. The topological polar surface area (TPSA) is 89.0 Å². The second kappa shape index (κ2) is 9.25. The molecule has 1 fully saturated rings. The summed E-state index contributed by atoms with van der Waals surface area (Å²) in [6, 6.07) is 14.1. The zero-order valence-electron chi connectivity index (χ0n) is 19.0. The Balaban J connectivity index is 1.78. The van der Waals surface area contributed by atoms with Gasteiger partial charge in [-0.05, 0) is 60.7 Å². The quantitative estimate of drug-likeness (QED) is 0.204. The maximum Gasteiger partial charge on any atom is 0.301 e. The van der Waals surface area contributed by atoms with Crippen molar-refractivity contribution in [2.45, 2.75) is 6.04 Å². The summed E-state index contributed by atoms with van der Waals surface area (Å²) in [5, 5.41) is 11.9. The molecule has 1 aliphatic heterocycles. The summed E-state index contributed by atoms with van der Waals surface area (Å²) in [6.07, 6.45) is 0. The van der Waals surface area contributed by atoms with E-state index in [0.717, 1.165) is 11.3 Å². The van der Waals surface area contributed by atoms with E-state index in [1.54, 1.807) is 42.5 Å². The third-order valence-corrected chi connectivity index (χ3v) is 7.11. The average Bonchev–Trinajstić information content (AvgIpc) is 3.41. The summed E-state index contributed by atoms with van der Waals surface area (Å²) in [5.74, 6) is -1.80. The van der Waals surface area contributed by atoms with Gasteiger partial charge in [0.15, 0.2) is 5.13 Å². The van der Waals surface area contributed by atoms with Gasteiger partial charge in [-0.15, -0.1) is 0 Å². The molecular formula is C26H18ClFN2O5S. The molecule has 1 N–H and O–H groups in total. The Morgan fingerprint density at radius 2 is 1.81 bits per heavy atom. The summed E-state index contributed by atoms with van der Waals surface area (Å²) >= 11 is 7.04. The number of Topliss-reactive ketones (excluding diaryl/α,β-unsaturated/α-hetero) is 1. The highest BCUT2D eigenvalue weighted by Crippen LogP contribution is 2.47. The first-order valence-electron chi connectivity index (χ1n) is 10.7. The van der Waals surface area contributed by atoms with E-state index in [1.165, 1.54) is 37.3 Å². The van der Waals surface area contributed by atoms with Gasteiger partial charge in [-0.2, -0.15) is 0 Å². The molecular weight excluding hydrogens is 507 g/mol. The number of ketones is 1. The Morgan fingerprint density at radius 1 is 1.06 bits per heavy atom. The summed E-state index contributed by atoms with van der Waals surface area (Å²) in [4.78, 5) is 32.5. The van der Waals surface area contributed by atoms with Gasteiger partial charge in [-0.25, -0.2) is 9.37 Å². The lowest BCUT2D eigenvalue weighted by molar-refractivity contribution is -0.132. The van der Waals surface area contributed by atoms with E-state index < -0.39 is 23.5 Å². The van der Waals surface area contributed by atoms with Crippen LogP contribution >= 0.6 is 22.9 Å². The van der Waals surface area contributed by atoms with Crippen LogP contribution in [0.25, 0.3) is 16.0 Å². The molecule has 0 saturated carbocycles. The molecule has 1 amide bonds. The second-order valence-electron chi connectivity index (χ2n) is 7.89. The van der Waals surface area contributed by atoms with Gasteiger partial charge in [-0.3, -0.25) is 14.5 Å². The van der Waals surface area contributed by atoms with Crippen molar-refractivity contribution >= 4 is 55.7 Å². The van der Waals surface area contributed by atoms with E-state index in [4.69, 9.17) is 21.1 Å². The number of nitrogens with zero attached hydrogens (tertiary/aromatic N) is 2.